The minimum atomic E-state index is -1.15. The van der Waals surface area contributed by atoms with Crippen LogP contribution in [0.5, 0.6) is 0 Å². The molecule has 0 saturated carbocycles. The first-order valence-electron chi connectivity index (χ1n) is 12.3. The Hall–Kier alpha value is -4.18. The molecule has 0 aliphatic carbocycles. The SMILES string of the molecule is CCOC(=O)CNC(C)(C(=O)N1C=CCC1)c1ccc2c(c1)nc(CNc1ccc(C(=N)N)cc1)n2C. The summed E-state index contributed by atoms with van der Waals surface area (Å²) in [6.07, 6.45) is 4.55. The molecule has 1 unspecified atom stereocenters. The van der Waals surface area contributed by atoms with Crippen LogP contribution in [0, 0.1) is 5.41 Å². The van der Waals surface area contributed by atoms with E-state index in [0.29, 0.717) is 24.2 Å². The largest absolute Gasteiger partial charge is 0.465 e. The molecule has 1 aliphatic heterocycles. The Balaban J connectivity index is 1.59. The van der Waals surface area contributed by atoms with Crippen LogP contribution in [0.1, 0.15) is 37.2 Å². The second-order valence-electron chi connectivity index (χ2n) is 9.09. The summed E-state index contributed by atoms with van der Waals surface area (Å²) in [7, 11) is 1.95. The highest BCUT2D eigenvalue weighted by atomic mass is 16.5. The van der Waals surface area contributed by atoms with Gasteiger partial charge >= 0.3 is 5.97 Å². The van der Waals surface area contributed by atoms with Gasteiger partial charge in [0.2, 0.25) is 0 Å². The molecule has 2 heterocycles. The van der Waals surface area contributed by atoms with Gasteiger partial charge in [0.15, 0.2) is 0 Å². The van der Waals surface area contributed by atoms with Crippen molar-refractivity contribution in [2.45, 2.75) is 32.4 Å². The maximum atomic E-state index is 13.6. The number of fused-ring (bicyclic) bond motifs is 1. The fraction of sp³-hybridized carbons (Fsp3) is 0.333. The molecule has 194 valence electrons. The maximum absolute atomic E-state index is 13.6. The first-order valence-corrected chi connectivity index (χ1v) is 12.3. The second-order valence-corrected chi connectivity index (χ2v) is 9.09. The lowest BCUT2D eigenvalue weighted by Gasteiger charge is -2.33. The van der Waals surface area contributed by atoms with Crippen molar-refractivity contribution in [1.82, 2.24) is 19.8 Å². The van der Waals surface area contributed by atoms with Crippen LogP contribution in [0.25, 0.3) is 11.0 Å². The van der Waals surface area contributed by atoms with Crippen molar-refractivity contribution in [3.8, 4) is 0 Å². The van der Waals surface area contributed by atoms with Gasteiger partial charge in [-0.2, -0.15) is 0 Å². The summed E-state index contributed by atoms with van der Waals surface area (Å²) in [6.45, 7) is 4.81. The van der Waals surface area contributed by atoms with Crippen molar-refractivity contribution in [3.63, 3.8) is 0 Å². The van der Waals surface area contributed by atoms with Crippen molar-refractivity contribution in [1.29, 1.82) is 5.41 Å². The Morgan fingerprint density at radius 3 is 2.62 bits per heavy atom. The lowest BCUT2D eigenvalue weighted by atomic mass is 9.89. The number of nitrogens with one attached hydrogen (secondary N) is 3. The Bertz CT molecular complexity index is 1350. The number of aromatic nitrogens is 2. The van der Waals surface area contributed by atoms with Crippen molar-refractivity contribution in [3.05, 3.63) is 71.7 Å². The van der Waals surface area contributed by atoms with E-state index in [-0.39, 0.29) is 24.9 Å². The molecule has 0 bridgehead atoms. The van der Waals surface area contributed by atoms with Gasteiger partial charge in [0.05, 0.1) is 30.7 Å². The number of nitrogens with two attached hydrogens (primary N) is 1. The van der Waals surface area contributed by atoms with E-state index in [1.807, 2.05) is 48.0 Å². The number of carbonyl (C=O) groups is 2. The number of ether oxygens (including phenoxy) is 1. The molecule has 10 nitrogen and oxygen atoms in total. The third-order valence-electron chi connectivity index (χ3n) is 6.60. The summed E-state index contributed by atoms with van der Waals surface area (Å²) in [5, 5.41) is 14.0. The van der Waals surface area contributed by atoms with E-state index in [0.717, 1.165) is 29.0 Å². The lowest BCUT2D eigenvalue weighted by molar-refractivity contribution is -0.143. The molecule has 1 atom stereocenters. The van der Waals surface area contributed by atoms with Gasteiger partial charge in [-0.3, -0.25) is 20.3 Å². The van der Waals surface area contributed by atoms with Crippen LogP contribution >= 0.6 is 0 Å². The van der Waals surface area contributed by atoms with Crippen molar-refractivity contribution >= 4 is 34.4 Å². The third kappa shape index (κ3) is 5.49. The van der Waals surface area contributed by atoms with Gasteiger partial charge in [0.25, 0.3) is 5.91 Å². The van der Waals surface area contributed by atoms with Crippen LogP contribution < -0.4 is 16.4 Å². The molecule has 4 rings (SSSR count). The molecule has 0 radical (unpaired) electrons. The summed E-state index contributed by atoms with van der Waals surface area (Å²) < 4.78 is 7.07. The molecule has 1 aliphatic rings. The summed E-state index contributed by atoms with van der Waals surface area (Å²) in [5.74, 6) is 0.289. The number of carbonyl (C=O) groups excluding carboxylic acids is 2. The number of esters is 1. The number of anilines is 1. The number of rotatable bonds is 10. The van der Waals surface area contributed by atoms with Crippen molar-refractivity contribution in [2.24, 2.45) is 12.8 Å². The molecule has 1 aromatic heterocycles. The summed E-state index contributed by atoms with van der Waals surface area (Å²) in [4.78, 5) is 32.2. The summed E-state index contributed by atoms with van der Waals surface area (Å²) >= 11 is 0. The second kappa shape index (κ2) is 10.8. The minimum absolute atomic E-state index is 0.0284. The van der Waals surface area contributed by atoms with Gasteiger partial charge in [-0.1, -0.05) is 12.1 Å². The van der Waals surface area contributed by atoms with Gasteiger partial charge < -0.3 is 25.3 Å². The van der Waals surface area contributed by atoms with Gasteiger partial charge in [0, 0.05) is 31.0 Å². The van der Waals surface area contributed by atoms with Gasteiger partial charge in [-0.25, -0.2) is 4.98 Å². The van der Waals surface area contributed by atoms with Crippen molar-refractivity contribution < 1.29 is 14.3 Å². The highest BCUT2D eigenvalue weighted by Crippen LogP contribution is 2.29. The van der Waals surface area contributed by atoms with Crippen LogP contribution in [0.3, 0.4) is 0 Å². The van der Waals surface area contributed by atoms with Gasteiger partial charge in [-0.15, -0.1) is 0 Å². The van der Waals surface area contributed by atoms with E-state index in [1.165, 1.54) is 0 Å². The fourth-order valence-electron chi connectivity index (χ4n) is 4.38. The minimum Gasteiger partial charge on any atom is -0.465 e. The average molecular weight is 504 g/mol. The molecule has 0 spiro atoms. The molecular weight excluding hydrogens is 470 g/mol. The number of amidine groups is 1. The van der Waals surface area contributed by atoms with E-state index < -0.39 is 11.5 Å². The zero-order valence-electron chi connectivity index (χ0n) is 21.4. The highest BCUT2D eigenvalue weighted by Gasteiger charge is 2.39. The van der Waals surface area contributed by atoms with Crippen LogP contribution in [0.15, 0.2) is 54.7 Å². The summed E-state index contributed by atoms with van der Waals surface area (Å²) in [5.41, 5.74) is 8.32. The predicted octanol–water partition coefficient (Wildman–Crippen LogP) is 2.58. The number of aryl methyl sites for hydroxylation is 1. The molecule has 1 amide bonds. The maximum Gasteiger partial charge on any atom is 0.319 e. The number of imidazole rings is 1. The normalized spacial score (nSPS) is 14.5. The Labute approximate surface area is 216 Å². The average Bonchev–Trinajstić information content (AvgIpc) is 3.54. The highest BCUT2D eigenvalue weighted by molar-refractivity contribution is 5.95. The molecule has 3 aromatic rings. The molecule has 5 N–H and O–H groups in total. The standard InChI is InChI=1S/C27H33N7O3/c1-4-37-24(35)17-31-27(2,26(36)34-13-5-6-14-34)19-9-12-22-21(15-19)32-23(33(22)3)16-30-20-10-7-18(8-11-20)25(28)29/h5,7-13,15,30-31H,4,6,14,16-17H2,1-3H3,(H3,28,29). The monoisotopic (exact) mass is 503 g/mol. The van der Waals surface area contributed by atoms with Gasteiger partial charge in [-0.05, 0) is 62.2 Å². The number of hydrogen-bond donors (Lipinski definition) is 4. The van der Waals surface area contributed by atoms with Crippen LogP contribution in [0.2, 0.25) is 0 Å². The number of benzene rings is 2. The first-order chi connectivity index (χ1) is 17.7. The van der Waals surface area contributed by atoms with E-state index in [1.54, 1.807) is 37.1 Å². The van der Waals surface area contributed by atoms with E-state index >= 15 is 0 Å². The topological polar surface area (TPSA) is 138 Å². The Morgan fingerprint density at radius 1 is 1.22 bits per heavy atom. The number of nitrogen functional groups attached to an aromatic ring is 1. The van der Waals surface area contributed by atoms with Crippen molar-refractivity contribution in [2.75, 3.05) is 25.0 Å². The Kier molecular flexibility index (Phi) is 7.58. The van der Waals surface area contributed by atoms with Crippen LogP contribution in [-0.2, 0) is 33.5 Å². The molecular formula is C27H33N7O3. The third-order valence-corrected chi connectivity index (χ3v) is 6.60. The van der Waals surface area contributed by atoms with Crippen LogP contribution in [-0.4, -0.2) is 51.9 Å². The summed E-state index contributed by atoms with van der Waals surface area (Å²) in [6, 6.07) is 13.1. The molecule has 0 fully saturated rings. The fourth-order valence-corrected chi connectivity index (χ4v) is 4.38. The molecule has 0 saturated heterocycles. The zero-order chi connectivity index (χ0) is 26.6. The quantitative estimate of drug-likeness (QED) is 0.189. The first kappa shape index (κ1) is 25.9. The van der Waals surface area contributed by atoms with E-state index in [4.69, 9.17) is 20.9 Å². The lowest BCUT2D eigenvalue weighted by Crippen LogP contribution is -2.53. The smallest absolute Gasteiger partial charge is 0.319 e. The van der Waals surface area contributed by atoms with E-state index in [9.17, 15) is 9.59 Å². The number of hydrogen-bond acceptors (Lipinski definition) is 7. The number of amides is 1. The molecule has 2 aromatic carbocycles. The number of nitrogens with zero attached hydrogens (tertiary/aromatic N) is 3. The molecule has 37 heavy (non-hydrogen) atoms. The van der Waals surface area contributed by atoms with Gasteiger partial charge in [0.1, 0.15) is 17.2 Å². The predicted molar refractivity (Wildman–Crippen MR) is 143 cm³/mol. The molecule has 10 heteroatoms. The zero-order valence-corrected chi connectivity index (χ0v) is 21.4. The van der Waals surface area contributed by atoms with E-state index in [2.05, 4.69) is 10.6 Å². The van der Waals surface area contributed by atoms with Crippen LogP contribution in [0.4, 0.5) is 5.69 Å². The Morgan fingerprint density at radius 2 is 1.97 bits per heavy atom.